The Morgan fingerprint density at radius 2 is 1.87 bits per heavy atom. The normalized spacial score (nSPS) is 10.5. The molecule has 3 aromatic rings. The lowest BCUT2D eigenvalue weighted by molar-refractivity contribution is -0.115. The average molecular weight is 424 g/mol. The predicted molar refractivity (Wildman–Crippen MR) is 119 cm³/mol. The highest BCUT2D eigenvalue weighted by Gasteiger charge is 2.17. The molecule has 1 aromatic heterocycles. The molecule has 156 valence electrons. The van der Waals surface area contributed by atoms with E-state index in [1.165, 1.54) is 11.3 Å². The number of benzene rings is 2. The van der Waals surface area contributed by atoms with Gasteiger partial charge in [0.25, 0.3) is 5.91 Å². The van der Waals surface area contributed by atoms with E-state index in [0.717, 1.165) is 29.0 Å². The van der Waals surface area contributed by atoms with Gasteiger partial charge in [0.1, 0.15) is 15.6 Å². The first-order valence-corrected chi connectivity index (χ1v) is 10.6. The molecule has 0 bridgehead atoms. The molecule has 2 aromatic carbocycles. The zero-order valence-corrected chi connectivity index (χ0v) is 18.1. The topological polar surface area (TPSA) is 80.3 Å². The van der Waals surface area contributed by atoms with Crippen LogP contribution >= 0.6 is 11.3 Å². The van der Waals surface area contributed by atoms with E-state index >= 15 is 0 Å². The summed E-state index contributed by atoms with van der Waals surface area (Å²) in [5.74, 6) is 0.429. The van der Waals surface area contributed by atoms with Crippen LogP contribution in [-0.2, 0) is 24.2 Å². The van der Waals surface area contributed by atoms with Gasteiger partial charge in [0.15, 0.2) is 0 Å². The Bertz CT molecular complexity index is 1030. The standard InChI is InChI=1S/C23H25N3O3S/c1-4-16-6-5-7-18(12-16)26-20(27)13-21-25-15(2)22(30-21)23(28)24-14-17-8-10-19(29-3)11-9-17/h5-12H,4,13-14H2,1-3H3,(H,24,28)(H,26,27). The maximum atomic E-state index is 12.6. The van der Waals surface area contributed by atoms with Gasteiger partial charge in [0, 0.05) is 12.2 Å². The lowest BCUT2D eigenvalue weighted by Crippen LogP contribution is -2.22. The number of thiazole rings is 1. The molecule has 3 rings (SSSR count). The maximum absolute atomic E-state index is 12.6. The van der Waals surface area contributed by atoms with Gasteiger partial charge in [-0.15, -0.1) is 11.3 Å². The van der Waals surface area contributed by atoms with Crippen molar-refractivity contribution in [3.05, 3.63) is 75.2 Å². The van der Waals surface area contributed by atoms with Crippen molar-refractivity contribution in [3.63, 3.8) is 0 Å². The number of rotatable bonds is 8. The van der Waals surface area contributed by atoms with Crippen molar-refractivity contribution in [2.24, 2.45) is 0 Å². The van der Waals surface area contributed by atoms with Gasteiger partial charge < -0.3 is 15.4 Å². The van der Waals surface area contributed by atoms with E-state index in [4.69, 9.17) is 4.74 Å². The number of anilines is 1. The van der Waals surface area contributed by atoms with Gasteiger partial charge in [-0.3, -0.25) is 9.59 Å². The van der Waals surface area contributed by atoms with Crippen LogP contribution in [0.25, 0.3) is 0 Å². The molecule has 0 radical (unpaired) electrons. The molecule has 30 heavy (non-hydrogen) atoms. The number of hydrogen-bond acceptors (Lipinski definition) is 5. The second kappa shape index (κ2) is 10.0. The highest BCUT2D eigenvalue weighted by molar-refractivity contribution is 7.13. The number of aromatic nitrogens is 1. The van der Waals surface area contributed by atoms with Crippen molar-refractivity contribution in [3.8, 4) is 5.75 Å². The lowest BCUT2D eigenvalue weighted by Gasteiger charge is -2.06. The molecule has 0 saturated carbocycles. The monoisotopic (exact) mass is 423 g/mol. The molecule has 1 heterocycles. The van der Waals surface area contributed by atoms with Crippen LogP contribution in [0.3, 0.4) is 0 Å². The minimum atomic E-state index is -0.192. The lowest BCUT2D eigenvalue weighted by atomic mass is 10.1. The average Bonchev–Trinajstić information content (AvgIpc) is 3.12. The Morgan fingerprint density at radius 1 is 1.10 bits per heavy atom. The number of ether oxygens (including phenoxy) is 1. The van der Waals surface area contributed by atoms with Crippen LogP contribution < -0.4 is 15.4 Å². The molecule has 0 saturated heterocycles. The second-order valence-corrected chi connectivity index (χ2v) is 7.92. The summed E-state index contributed by atoms with van der Waals surface area (Å²) in [5, 5.41) is 6.42. The van der Waals surface area contributed by atoms with Crippen LogP contribution in [0.15, 0.2) is 48.5 Å². The van der Waals surface area contributed by atoms with E-state index in [9.17, 15) is 9.59 Å². The number of carbonyl (C=O) groups excluding carboxylic acids is 2. The fourth-order valence-corrected chi connectivity index (χ4v) is 3.94. The summed E-state index contributed by atoms with van der Waals surface area (Å²) in [7, 11) is 1.61. The van der Waals surface area contributed by atoms with E-state index in [-0.39, 0.29) is 18.2 Å². The predicted octanol–water partition coefficient (Wildman–Crippen LogP) is 4.13. The van der Waals surface area contributed by atoms with E-state index in [1.54, 1.807) is 14.0 Å². The zero-order chi connectivity index (χ0) is 21.5. The molecule has 2 amide bonds. The summed E-state index contributed by atoms with van der Waals surface area (Å²) in [6, 6.07) is 15.3. The van der Waals surface area contributed by atoms with Gasteiger partial charge in [-0.1, -0.05) is 31.2 Å². The first-order valence-electron chi connectivity index (χ1n) is 9.74. The number of nitrogens with one attached hydrogen (secondary N) is 2. The Labute approximate surface area is 180 Å². The SMILES string of the molecule is CCc1cccc(NC(=O)Cc2nc(C)c(C(=O)NCc3ccc(OC)cc3)s2)c1. The largest absolute Gasteiger partial charge is 0.497 e. The number of methoxy groups -OCH3 is 1. The Hall–Kier alpha value is -3.19. The van der Waals surface area contributed by atoms with E-state index < -0.39 is 0 Å². The third kappa shape index (κ3) is 5.67. The van der Waals surface area contributed by atoms with Crippen molar-refractivity contribution in [1.29, 1.82) is 0 Å². The smallest absolute Gasteiger partial charge is 0.263 e. The molecule has 0 aliphatic carbocycles. The van der Waals surface area contributed by atoms with E-state index in [0.29, 0.717) is 22.1 Å². The van der Waals surface area contributed by atoms with Crippen LogP contribution in [0, 0.1) is 6.92 Å². The van der Waals surface area contributed by atoms with Crippen molar-refractivity contribution >= 4 is 28.8 Å². The van der Waals surface area contributed by atoms with Crippen molar-refractivity contribution in [2.75, 3.05) is 12.4 Å². The molecule has 0 aliphatic heterocycles. The Morgan fingerprint density at radius 3 is 2.57 bits per heavy atom. The van der Waals surface area contributed by atoms with Crippen molar-refractivity contribution in [1.82, 2.24) is 10.3 Å². The number of carbonyl (C=O) groups is 2. The highest BCUT2D eigenvalue weighted by atomic mass is 32.1. The van der Waals surface area contributed by atoms with Gasteiger partial charge in [-0.2, -0.15) is 0 Å². The molecule has 0 unspecified atom stereocenters. The second-order valence-electron chi connectivity index (χ2n) is 6.83. The summed E-state index contributed by atoms with van der Waals surface area (Å²) >= 11 is 1.25. The van der Waals surface area contributed by atoms with Crippen LogP contribution in [0.1, 0.15) is 38.4 Å². The molecular formula is C23H25N3O3S. The van der Waals surface area contributed by atoms with Gasteiger partial charge in [-0.25, -0.2) is 4.98 Å². The fourth-order valence-electron chi connectivity index (χ4n) is 2.96. The zero-order valence-electron chi connectivity index (χ0n) is 17.3. The molecular weight excluding hydrogens is 398 g/mol. The first-order chi connectivity index (χ1) is 14.5. The van der Waals surface area contributed by atoms with E-state index in [2.05, 4.69) is 22.5 Å². The summed E-state index contributed by atoms with van der Waals surface area (Å²) in [5.41, 5.74) is 3.53. The molecule has 0 fully saturated rings. The Balaban J connectivity index is 1.58. The number of nitrogens with zero attached hydrogens (tertiary/aromatic N) is 1. The summed E-state index contributed by atoms with van der Waals surface area (Å²) in [4.78, 5) is 29.9. The molecule has 0 atom stereocenters. The minimum absolute atomic E-state index is 0.133. The molecule has 0 spiro atoms. The third-order valence-corrected chi connectivity index (χ3v) is 5.75. The highest BCUT2D eigenvalue weighted by Crippen LogP contribution is 2.20. The molecule has 0 aliphatic rings. The first kappa shape index (κ1) is 21.5. The minimum Gasteiger partial charge on any atom is -0.497 e. The number of amides is 2. The van der Waals surface area contributed by atoms with Crippen LogP contribution in [-0.4, -0.2) is 23.9 Å². The number of hydrogen-bond donors (Lipinski definition) is 2. The van der Waals surface area contributed by atoms with Gasteiger partial charge in [0.2, 0.25) is 5.91 Å². The van der Waals surface area contributed by atoms with Gasteiger partial charge in [-0.05, 0) is 48.7 Å². The maximum Gasteiger partial charge on any atom is 0.263 e. The summed E-state index contributed by atoms with van der Waals surface area (Å²) < 4.78 is 5.14. The van der Waals surface area contributed by atoms with Crippen LogP contribution in [0.2, 0.25) is 0 Å². The molecule has 6 nitrogen and oxygen atoms in total. The summed E-state index contributed by atoms with van der Waals surface area (Å²) in [6.07, 6.45) is 1.04. The number of aryl methyl sites for hydroxylation is 2. The van der Waals surface area contributed by atoms with Crippen molar-refractivity contribution in [2.45, 2.75) is 33.2 Å². The van der Waals surface area contributed by atoms with Crippen molar-refractivity contribution < 1.29 is 14.3 Å². The fraction of sp³-hybridized carbons (Fsp3) is 0.261. The van der Waals surface area contributed by atoms with Gasteiger partial charge in [0.05, 0.1) is 19.2 Å². The van der Waals surface area contributed by atoms with Crippen LogP contribution in [0.4, 0.5) is 5.69 Å². The summed E-state index contributed by atoms with van der Waals surface area (Å²) in [6.45, 7) is 4.26. The van der Waals surface area contributed by atoms with Gasteiger partial charge >= 0.3 is 0 Å². The molecule has 7 heteroatoms. The third-order valence-electron chi connectivity index (χ3n) is 4.59. The molecule has 2 N–H and O–H groups in total. The quantitative estimate of drug-likeness (QED) is 0.571. The Kier molecular flexibility index (Phi) is 7.19. The van der Waals surface area contributed by atoms with E-state index in [1.807, 2.05) is 48.5 Å². The van der Waals surface area contributed by atoms with Crippen LogP contribution in [0.5, 0.6) is 5.75 Å².